The minimum Gasteiger partial charge on any atom is -0.463 e. The third-order valence-corrected chi connectivity index (χ3v) is 16.9. The standard InChI is InChI=1S/C50H88O7/c1-8-10-11-12-13-14-15-16-17-18-19-20-21-44(51)55-33-43-45(52)46(53)47(54)48(57-43)56-38-28-30-49(6)37(32-38)24-25-39-41-27-26-40(50(41,7)31-29-42(39)49)35(5)22-23-36(9-2)34(3)4/h24,34-36,38-43,45-48,52-54H,8-23,25-33H2,1-7H3/t35-,36+,38-,39+,40+,41+,42+,43+,45+,46+,47-,48-,49+,50-/m0/s1. The van der Waals surface area contributed by atoms with Crippen molar-refractivity contribution in [1.82, 2.24) is 0 Å². The summed E-state index contributed by atoms with van der Waals surface area (Å²) in [6.45, 7) is 17.0. The molecule has 330 valence electrons. The minimum absolute atomic E-state index is 0.139. The number of hydrogen-bond donors (Lipinski definition) is 3. The highest BCUT2D eigenvalue weighted by molar-refractivity contribution is 5.69. The van der Waals surface area contributed by atoms with Gasteiger partial charge in [-0.1, -0.05) is 144 Å². The minimum atomic E-state index is -1.44. The molecule has 0 spiro atoms. The second kappa shape index (κ2) is 22.2. The second-order valence-corrected chi connectivity index (χ2v) is 20.8. The third kappa shape index (κ3) is 11.7. The predicted octanol–water partition coefficient (Wildman–Crippen LogP) is 11.5. The number of aliphatic hydroxyl groups is 3. The van der Waals surface area contributed by atoms with Crippen LogP contribution in [0.15, 0.2) is 11.6 Å². The van der Waals surface area contributed by atoms with Gasteiger partial charge in [-0.3, -0.25) is 4.79 Å². The van der Waals surface area contributed by atoms with E-state index in [4.69, 9.17) is 14.2 Å². The lowest BCUT2D eigenvalue weighted by molar-refractivity contribution is -0.313. The highest BCUT2D eigenvalue weighted by atomic mass is 16.7. The first-order valence-corrected chi connectivity index (χ1v) is 24.5. The van der Waals surface area contributed by atoms with Gasteiger partial charge in [-0.2, -0.15) is 0 Å². The largest absolute Gasteiger partial charge is 0.463 e. The van der Waals surface area contributed by atoms with Gasteiger partial charge in [0.25, 0.3) is 0 Å². The van der Waals surface area contributed by atoms with Gasteiger partial charge in [0.05, 0.1) is 6.10 Å². The molecule has 0 aromatic rings. The summed E-state index contributed by atoms with van der Waals surface area (Å²) in [5.41, 5.74) is 2.13. The number of allylic oxidation sites excluding steroid dienone is 1. The monoisotopic (exact) mass is 801 g/mol. The summed E-state index contributed by atoms with van der Waals surface area (Å²) < 4.78 is 18.0. The molecule has 57 heavy (non-hydrogen) atoms. The fraction of sp³-hybridized carbons (Fsp3) is 0.940. The molecule has 0 radical (unpaired) electrons. The molecule has 3 saturated carbocycles. The predicted molar refractivity (Wildman–Crippen MR) is 230 cm³/mol. The van der Waals surface area contributed by atoms with Crippen LogP contribution in [0, 0.1) is 52.3 Å². The van der Waals surface area contributed by atoms with Gasteiger partial charge < -0.3 is 29.5 Å². The molecule has 0 aromatic heterocycles. The first-order valence-electron chi connectivity index (χ1n) is 24.5. The molecule has 1 aliphatic heterocycles. The number of unbranched alkanes of at least 4 members (excludes halogenated alkanes) is 11. The second-order valence-electron chi connectivity index (χ2n) is 20.8. The number of aliphatic hydroxyl groups excluding tert-OH is 3. The maximum absolute atomic E-state index is 12.6. The van der Waals surface area contributed by atoms with Gasteiger partial charge in [0.15, 0.2) is 6.29 Å². The first-order chi connectivity index (χ1) is 27.3. The maximum Gasteiger partial charge on any atom is 0.305 e. The Morgan fingerprint density at radius 1 is 0.807 bits per heavy atom. The highest BCUT2D eigenvalue weighted by Gasteiger charge is 2.59. The molecule has 3 N–H and O–H groups in total. The van der Waals surface area contributed by atoms with Gasteiger partial charge in [-0.25, -0.2) is 0 Å². The Kier molecular flexibility index (Phi) is 18.3. The molecule has 5 aliphatic rings. The van der Waals surface area contributed by atoms with E-state index < -0.39 is 30.7 Å². The Labute approximate surface area is 349 Å². The van der Waals surface area contributed by atoms with Crippen LogP contribution in [0.25, 0.3) is 0 Å². The van der Waals surface area contributed by atoms with Crippen molar-refractivity contribution in [2.24, 2.45) is 52.3 Å². The van der Waals surface area contributed by atoms with Crippen LogP contribution in [0.2, 0.25) is 0 Å². The number of ether oxygens (including phenoxy) is 3. The van der Waals surface area contributed by atoms with Crippen LogP contribution in [0.1, 0.15) is 203 Å². The van der Waals surface area contributed by atoms with Gasteiger partial charge in [0, 0.05) is 6.42 Å². The molecular formula is C50H88O7. The zero-order valence-electron chi connectivity index (χ0n) is 37.7. The van der Waals surface area contributed by atoms with Gasteiger partial charge in [-0.15, -0.1) is 0 Å². The van der Waals surface area contributed by atoms with Crippen molar-refractivity contribution in [1.29, 1.82) is 0 Å². The van der Waals surface area contributed by atoms with Crippen LogP contribution < -0.4 is 0 Å². The molecule has 5 rings (SSSR count). The lowest BCUT2D eigenvalue weighted by atomic mass is 9.47. The Morgan fingerprint density at radius 2 is 1.47 bits per heavy atom. The SMILES string of the molecule is CCCCCCCCCCCCCCC(=O)OC[C@H]1O[C@H](O[C@H]2CC[C@]3(C)C(=CC[C@@H]4[C@H]5CC[C@H]([C@@H](C)CC[C@@H](CC)C(C)C)[C@]5(C)CC[C@H]43)C2)[C@@H](O)[C@H](O)[C@@H]1O. The summed E-state index contributed by atoms with van der Waals surface area (Å²) in [5.74, 6) is 5.24. The van der Waals surface area contributed by atoms with E-state index in [-0.39, 0.29) is 24.1 Å². The Morgan fingerprint density at radius 3 is 2.12 bits per heavy atom. The van der Waals surface area contributed by atoms with Gasteiger partial charge in [0.2, 0.25) is 0 Å². The number of carbonyl (C=O) groups is 1. The molecule has 0 amide bonds. The number of hydrogen-bond acceptors (Lipinski definition) is 7. The Balaban J connectivity index is 1.06. The van der Waals surface area contributed by atoms with Gasteiger partial charge >= 0.3 is 5.97 Å². The lowest BCUT2D eigenvalue weighted by Crippen LogP contribution is -2.60. The summed E-state index contributed by atoms with van der Waals surface area (Å²) >= 11 is 0. The van der Waals surface area contributed by atoms with E-state index in [9.17, 15) is 20.1 Å². The van der Waals surface area contributed by atoms with Crippen molar-refractivity contribution < 1.29 is 34.3 Å². The van der Waals surface area contributed by atoms with Gasteiger partial charge in [0.1, 0.15) is 31.0 Å². The summed E-state index contributed by atoms with van der Waals surface area (Å²) in [6, 6.07) is 0. The van der Waals surface area contributed by atoms with E-state index in [2.05, 4.69) is 54.5 Å². The van der Waals surface area contributed by atoms with Crippen LogP contribution in [0.5, 0.6) is 0 Å². The van der Waals surface area contributed by atoms with Crippen LogP contribution >= 0.6 is 0 Å². The van der Waals surface area contributed by atoms with Crippen molar-refractivity contribution in [2.45, 2.75) is 239 Å². The molecular weight excluding hydrogens is 713 g/mol. The maximum atomic E-state index is 12.6. The normalized spacial score (nSPS) is 37.6. The smallest absolute Gasteiger partial charge is 0.305 e. The summed E-state index contributed by atoms with van der Waals surface area (Å²) in [5, 5.41) is 32.5. The van der Waals surface area contributed by atoms with Crippen molar-refractivity contribution in [3.8, 4) is 0 Å². The number of carbonyl (C=O) groups excluding carboxylic acids is 1. The molecule has 0 aromatic carbocycles. The lowest BCUT2D eigenvalue weighted by Gasteiger charge is -2.58. The number of rotatable bonds is 23. The van der Waals surface area contributed by atoms with Crippen molar-refractivity contribution >= 4 is 5.97 Å². The van der Waals surface area contributed by atoms with Crippen LogP contribution in [-0.2, 0) is 19.0 Å². The van der Waals surface area contributed by atoms with Crippen LogP contribution in [-0.4, -0.2) is 64.7 Å². The Bertz CT molecular complexity index is 1230. The molecule has 0 unspecified atom stereocenters. The topological polar surface area (TPSA) is 105 Å². The molecule has 7 nitrogen and oxygen atoms in total. The number of esters is 1. The molecule has 7 heteroatoms. The zero-order chi connectivity index (χ0) is 41.2. The average molecular weight is 801 g/mol. The highest BCUT2D eigenvalue weighted by Crippen LogP contribution is 2.67. The zero-order valence-corrected chi connectivity index (χ0v) is 37.7. The van der Waals surface area contributed by atoms with E-state index in [1.807, 2.05) is 0 Å². The van der Waals surface area contributed by atoms with Crippen LogP contribution in [0.4, 0.5) is 0 Å². The Hall–Kier alpha value is -0.990. The van der Waals surface area contributed by atoms with E-state index in [0.717, 1.165) is 80.5 Å². The van der Waals surface area contributed by atoms with Crippen molar-refractivity contribution in [3.63, 3.8) is 0 Å². The van der Waals surface area contributed by atoms with E-state index >= 15 is 0 Å². The first kappa shape index (κ1) is 47.1. The summed E-state index contributed by atoms with van der Waals surface area (Å²) in [4.78, 5) is 12.6. The fourth-order valence-corrected chi connectivity index (χ4v) is 13.1. The number of fused-ring (bicyclic) bond motifs is 5. The molecule has 0 bridgehead atoms. The third-order valence-electron chi connectivity index (χ3n) is 16.9. The van der Waals surface area contributed by atoms with E-state index in [1.165, 1.54) is 108 Å². The summed E-state index contributed by atoms with van der Waals surface area (Å²) in [7, 11) is 0. The average Bonchev–Trinajstić information content (AvgIpc) is 3.55. The molecule has 4 fully saturated rings. The van der Waals surface area contributed by atoms with Crippen molar-refractivity contribution in [3.05, 3.63) is 11.6 Å². The van der Waals surface area contributed by atoms with Crippen molar-refractivity contribution in [2.75, 3.05) is 6.61 Å². The van der Waals surface area contributed by atoms with Gasteiger partial charge in [-0.05, 0) is 116 Å². The summed E-state index contributed by atoms with van der Waals surface area (Å²) in [6.07, 6.45) is 24.7. The van der Waals surface area contributed by atoms with E-state index in [1.54, 1.807) is 0 Å². The molecule has 1 heterocycles. The molecule has 4 aliphatic carbocycles. The van der Waals surface area contributed by atoms with E-state index in [0.29, 0.717) is 17.8 Å². The molecule has 1 saturated heterocycles. The fourth-order valence-electron chi connectivity index (χ4n) is 13.1. The van der Waals surface area contributed by atoms with Crippen LogP contribution in [0.3, 0.4) is 0 Å². The molecule has 14 atom stereocenters. The quantitative estimate of drug-likeness (QED) is 0.0537.